The molecule has 3 heteroatoms. The molecule has 0 aromatic heterocycles. The molecular formula is C11H12O3. The van der Waals surface area contributed by atoms with Crippen LogP contribution in [0.3, 0.4) is 0 Å². The number of rotatable bonds is 3. The molecule has 74 valence electrons. The molecule has 2 N–H and O–H groups in total. The number of hydrogen-bond donors (Lipinski definition) is 2. The fraction of sp³-hybridized carbons (Fsp3) is 0.182. The van der Waals surface area contributed by atoms with Crippen LogP contribution in [0.5, 0.6) is 0 Å². The molecule has 1 rings (SSSR count). The van der Waals surface area contributed by atoms with Gasteiger partial charge in [0, 0.05) is 0 Å². The number of aryl methyl sites for hydroxylation is 1. The highest BCUT2D eigenvalue weighted by atomic mass is 16.4. The highest BCUT2D eigenvalue weighted by Crippen LogP contribution is 2.12. The zero-order chi connectivity index (χ0) is 10.6. The molecule has 0 saturated heterocycles. The summed E-state index contributed by atoms with van der Waals surface area (Å²) in [4.78, 5) is 10.7. The van der Waals surface area contributed by atoms with Crippen LogP contribution < -0.4 is 0 Å². The van der Waals surface area contributed by atoms with Gasteiger partial charge in [0.05, 0.1) is 12.2 Å². The van der Waals surface area contributed by atoms with E-state index >= 15 is 0 Å². The van der Waals surface area contributed by atoms with E-state index in [4.69, 9.17) is 10.2 Å². The second-order valence-corrected chi connectivity index (χ2v) is 2.96. The van der Waals surface area contributed by atoms with Gasteiger partial charge in [-0.05, 0) is 30.2 Å². The van der Waals surface area contributed by atoms with Crippen molar-refractivity contribution in [1.82, 2.24) is 0 Å². The number of aromatic carboxylic acids is 1. The van der Waals surface area contributed by atoms with E-state index in [9.17, 15) is 4.79 Å². The smallest absolute Gasteiger partial charge is 0.335 e. The first-order valence-corrected chi connectivity index (χ1v) is 4.26. The topological polar surface area (TPSA) is 57.5 Å². The zero-order valence-electron chi connectivity index (χ0n) is 7.90. The Morgan fingerprint density at radius 3 is 2.79 bits per heavy atom. The standard InChI is InChI=1S/C11H12O3/c1-8-4-5-10(11(13)14)7-9(8)3-2-6-12/h2-5,7,12H,6H2,1H3,(H,13,14). The van der Waals surface area contributed by atoms with Crippen molar-refractivity contribution in [1.29, 1.82) is 0 Å². The van der Waals surface area contributed by atoms with Crippen molar-refractivity contribution < 1.29 is 15.0 Å². The van der Waals surface area contributed by atoms with Crippen molar-refractivity contribution in [3.05, 3.63) is 41.0 Å². The molecule has 0 fully saturated rings. The maximum atomic E-state index is 10.7. The molecule has 0 heterocycles. The van der Waals surface area contributed by atoms with Gasteiger partial charge in [-0.2, -0.15) is 0 Å². The summed E-state index contributed by atoms with van der Waals surface area (Å²) in [5, 5.41) is 17.3. The van der Waals surface area contributed by atoms with E-state index in [-0.39, 0.29) is 12.2 Å². The van der Waals surface area contributed by atoms with Crippen LogP contribution in [0.2, 0.25) is 0 Å². The lowest BCUT2D eigenvalue weighted by molar-refractivity contribution is 0.0697. The van der Waals surface area contributed by atoms with Crippen LogP contribution in [0.1, 0.15) is 21.5 Å². The van der Waals surface area contributed by atoms with E-state index in [1.165, 1.54) is 0 Å². The summed E-state index contributed by atoms with van der Waals surface area (Å²) >= 11 is 0. The summed E-state index contributed by atoms with van der Waals surface area (Å²) in [6.07, 6.45) is 3.29. The average molecular weight is 192 g/mol. The molecule has 0 radical (unpaired) electrons. The predicted molar refractivity (Wildman–Crippen MR) is 54.3 cm³/mol. The van der Waals surface area contributed by atoms with Crippen molar-refractivity contribution in [2.24, 2.45) is 0 Å². The van der Waals surface area contributed by atoms with Gasteiger partial charge in [-0.15, -0.1) is 0 Å². The van der Waals surface area contributed by atoms with Crippen LogP contribution in [0, 0.1) is 6.92 Å². The first-order valence-electron chi connectivity index (χ1n) is 4.26. The normalized spacial score (nSPS) is 10.7. The first-order chi connectivity index (χ1) is 6.65. The molecule has 0 saturated carbocycles. The van der Waals surface area contributed by atoms with Crippen LogP contribution in [-0.2, 0) is 0 Å². The molecule has 0 spiro atoms. The monoisotopic (exact) mass is 192 g/mol. The molecule has 1 aromatic carbocycles. The minimum Gasteiger partial charge on any atom is -0.478 e. The Morgan fingerprint density at radius 2 is 2.21 bits per heavy atom. The Labute approximate surface area is 82.3 Å². The summed E-state index contributed by atoms with van der Waals surface area (Å²) in [5.74, 6) is -0.941. The van der Waals surface area contributed by atoms with E-state index in [0.717, 1.165) is 11.1 Å². The van der Waals surface area contributed by atoms with Crippen molar-refractivity contribution in [3.8, 4) is 0 Å². The van der Waals surface area contributed by atoms with Crippen LogP contribution in [-0.4, -0.2) is 22.8 Å². The lowest BCUT2D eigenvalue weighted by Gasteiger charge is -2.01. The van der Waals surface area contributed by atoms with Crippen LogP contribution in [0.25, 0.3) is 6.08 Å². The SMILES string of the molecule is Cc1ccc(C(=O)O)cc1C=CCO. The zero-order valence-corrected chi connectivity index (χ0v) is 7.90. The largest absolute Gasteiger partial charge is 0.478 e. The van der Waals surface area contributed by atoms with Gasteiger partial charge in [-0.25, -0.2) is 4.79 Å². The number of carboxylic acids is 1. The third kappa shape index (κ3) is 2.44. The summed E-state index contributed by atoms with van der Waals surface area (Å²) in [7, 11) is 0. The molecule has 1 aromatic rings. The third-order valence-corrected chi connectivity index (χ3v) is 1.93. The quantitative estimate of drug-likeness (QED) is 0.766. The van der Waals surface area contributed by atoms with Crippen molar-refractivity contribution >= 4 is 12.0 Å². The second kappa shape index (κ2) is 4.58. The number of aliphatic hydroxyl groups excluding tert-OH is 1. The van der Waals surface area contributed by atoms with Gasteiger partial charge < -0.3 is 10.2 Å². The average Bonchev–Trinajstić information content (AvgIpc) is 2.16. The fourth-order valence-electron chi connectivity index (χ4n) is 1.13. The Bertz CT molecular complexity index is 367. The van der Waals surface area contributed by atoms with Gasteiger partial charge >= 0.3 is 5.97 Å². The fourth-order valence-corrected chi connectivity index (χ4v) is 1.13. The highest BCUT2D eigenvalue weighted by Gasteiger charge is 2.03. The van der Waals surface area contributed by atoms with Crippen LogP contribution >= 0.6 is 0 Å². The molecular weight excluding hydrogens is 180 g/mol. The van der Waals surface area contributed by atoms with Crippen LogP contribution in [0.15, 0.2) is 24.3 Å². The second-order valence-electron chi connectivity index (χ2n) is 2.96. The number of carbonyl (C=O) groups is 1. The Morgan fingerprint density at radius 1 is 1.50 bits per heavy atom. The Hall–Kier alpha value is -1.61. The Balaban J connectivity index is 3.08. The molecule has 0 aliphatic rings. The van der Waals surface area contributed by atoms with Crippen LogP contribution in [0.4, 0.5) is 0 Å². The minimum absolute atomic E-state index is 0.0449. The predicted octanol–water partition coefficient (Wildman–Crippen LogP) is 1.70. The number of benzene rings is 1. The van der Waals surface area contributed by atoms with Crippen molar-refractivity contribution in [3.63, 3.8) is 0 Å². The lowest BCUT2D eigenvalue weighted by atomic mass is 10.0. The van der Waals surface area contributed by atoms with Crippen molar-refractivity contribution in [2.75, 3.05) is 6.61 Å². The number of carboxylic acid groups (broad SMARTS) is 1. The van der Waals surface area contributed by atoms with E-state index in [1.807, 2.05) is 6.92 Å². The molecule has 0 atom stereocenters. The molecule has 14 heavy (non-hydrogen) atoms. The summed E-state index contributed by atoms with van der Waals surface area (Å²) in [6, 6.07) is 4.90. The molecule has 3 nitrogen and oxygen atoms in total. The van der Waals surface area contributed by atoms with Gasteiger partial charge in [0.2, 0.25) is 0 Å². The molecule has 0 bridgehead atoms. The minimum atomic E-state index is -0.941. The maximum Gasteiger partial charge on any atom is 0.335 e. The van der Waals surface area contributed by atoms with Gasteiger partial charge in [0.25, 0.3) is 0 Å². The van der Waals surface area contributed by atoms with Crippen molar-refractivity contribution in [2.45, 2.75) is 6.92 Å². The Kier molecular flexibility index (Phi) is 3.42. The van der Waals surface area contributed by atoms with Gasteiger partial charge in [-0.3, -0.25) is 0 Å². The molecule has 0 amide bonds. The summed E-state index contributed by atoms with van der Waals surface area (Å²) < 4.78 is 0. The van der Waals surface area contributed by atoms with E-state index in [1.54, 1.807) is 30.4 Å². The molecule has 0 aliphatic heterocycles. The van der Waals surface area contributed by atoms with E-state index < -0.39 is 5.97 Å². The first kappa shape index (κ1) is 10.5. The summed E-state index contributed by atoms with van der Waals surface area (Å²) in [6.45, 7) is 1.85. The van der Waals surface area contributed by atoms with Gasteiger partial charge in [-0.1, -0.05) is 18.2 Å². The lowest BCUT2D eigenvalue weighted by Crippen LogP contribution is -1.97. The molecule has 0 unspecified atom stereocenters. The molecule has 0 aliphatic carbocycles. The summed E-state index contributed by atoms with van der Waals surface area (Å²) in [5.41, 5.74) is 2.06. The number of hydrogen-bond acceptors (Lipinski definition) is 2. The van der Waals surface area contributed by atoms with Gasteiger partial charge in [0.15, 0.2) is 0 Å². The maximum absolute atomic E-state index is 10.7. The highest BCUT2D eigenvalue weighted by molar-refractivity contribution is 5.88. The van der Waals surface area contributed by atoms with E-state index in [0.29, 0.717) is 0 Å². The van der Waals surface area contributed by atoms with E-state index in [2.05, 4.69) is 0 Å². The van der Waals surface area contributed by atoms with Gasteiger partial charge in [0.1, 0.15) is 0 Å². The number of aliphatic hydroxyl groups is 1. The third-order valence-electron chi connectivity index (χ3n) is 1.93.